The third kappa shape index (κ3) is 25.4. The maximum Gasteiger partial charge on any atom is 0.281 e. The molecule has 0 fully saturated rings. The highest BCUT2D eigenvalue weighted by atomic mass is 32.2. The van der Waals surface area contributed by atoms with Crippen LogP contribution in [-0.4, -0.2) is 125 Å². The fourth-order valence-corrected chi connectivity index (χ4v) is 12.2. The minimum absolute atomic E-state index is 0. The van der Waals surface area contributed by atoms with E-state index in [1.54, 1.807) is 51.1 Å². The number of aromatic nitrogens is 6. The van der Waals surface area contributed by atoms with E-state index in [2.05, 4.69) is 35.2 Å². The first-order chi connectivity index (χ1) is 50.8. The molecule has 0 saturated carbocycles. The number of methoxy groups -OCH3 is 1. The predicted molar refractivity (Wildman–Crippen MR) is 416 cm³/mol. The number of nitrogen functional groups attached to an aromatic ring is 1. The normalized spacial score (nSPS) is 11.9. The average Bonchev–Trinajstić information content (AvgIpc) is 0.805. The summed E-state index contributed by atoms with van der Waals surface area (Å²) in [7, 11) is -11.3. The first kappa shape index (κ1) is 84.4. The highest BCUT2D eigenvalue weighted by molar-refractivity contribution is 7.90. The first-order valence-corrected chi connectivity index (χ1v) is 38.5. The monoisotopic (exact) mass is 1560 g/mol. The van der Waals surface area contributed by atoms with Crippen LogP contribution in [0.1, 0.15) is 135 Å². The van der Waals surface area contributed by atoms with Crippen LogP contribution in [0.2, 0.25) is 0 Å². The Morgan fingerprint density at radius 2 is 0.843 bits per heavy atom. The lowest BCUT2D eigenvalue weighted by Crippen LogP contribution is -2.34. The molecule has 0 radical (unpaired) electrons. The van der Waals surface area contributed by atoms with Crippen LogP contribution in [-0.2, 0) is 34.8 Å². The molecule has 0 aliphatic heterocycles. The van der Waals surface area contributed by atoms with Gasteiger partial charge in [-0.25, -0.2) is 57.2 Å². The van der Waals surface area contributed by atoms with E-state index in [0.717, 1.165) is 0 Å². The van der Waals surface area contributed by atoms with Gasteiger partial charge in [-0.1, -0.05) is 66.7 Å². The SMILES string of the molecule is CC(C)COc1cc(F)cc(-c2ccc(C(=O)NS(=O)(=O)c3cccc(N)n3)c(NC(C)(C)C)n2)c1.CC[C@@H](C)Oc1nc(-c2cc(F)cc(OCC(C)C)c2)ccc1C(=O)NS(=O)(=O)c1cccc(C)n1.COCCOc1nc(-c2cc(F)cc(OCC(C)C)c2)ccc1C(=O)NS(=O)(=O)c1cccc(C)n1.[HH].[HH].[HH].[HH].[HH].[HH].[HH]. The number of carbonyl (C=O) groups excluding carboxylic acids is 3. The largest absolute Gasteiger partial charge is 0.493 e. The molecule has 1 atom stereocenters. The zero-order valence-corrected chi connectivity index (χ0v) is 64.6. The molecule has 6 aromatic heterocycles. The minimum atomic E-state index is -4.29. The minimum Gasteiger partial charge on any atom is -0.493 e. The Morgan fingerprint density at radius 3 is 1.22 bits per heavy atom. The third-order valence-corrected chi connectivity index (χ3v) is 18.2. The van der Waals surface area contributed by atoms with Crippen LogP contribution < -0.4 is 48.9 Å². The molecule has 3 amide bonds. The first-order valence-electron chi connectivity index (χ1n) is 34.0. The van der Waals surface area contributed by atoms with Crippen LogP contribution in [0.5, 0.6) is 29.0 Å². The number of pyridine rings is 6. The summed E-state index contributed by atoms with van der Waals surface area (Å²) < 4.78 is 158. The Labute approximate surface area is 637 Å². The van der Waals surface area contributed by atoms with E-state index in [0.29, 0.717) is 88.6 Å². The molecular formula is C76H102F3N11O15S3. The summed E-state index contributed by atoms with van der Waals surface area (Å²) in [6.07, 6.45) is 0.304. The van der Waals surface area contributed by atoms with Crippen molar-refractivity contribution in [3.05, 3.63) is 191 Å². The van der Waals surface area contributed by atoms with Gasteiger partial charge >= 0.3 is 0 Å². The van der Waals surface area contributed by atoms with E-state index in [-0.39, 0.29) is 102 Å². The molecule has 590 valence electrons. The Hall–Kier alpha value is -10.8. The summed E-state index contributed by atoms with van der Waals surface area (Å²) >= 11 is 0. The van der Waals surface area contributed by atoms with Crippen LogP contribution in [0.3, 0.4) is 0 Å². The van der Waals surface area contributed by atoms with Crippen molar-refractivity contribution in [1.82, 2.24) is 44.1 Å². The second-order valence-corrected chi connectivity index (χ2v) is 31.7. The van der Waals surface area contributed by atoms with Crippen molar-refractivity contribution in [2.24, 2.45) is 17.8 Å². The Kier molecular flexibility index (Phi) is 29.4. The van der Waals surface area contributed by atoms with Gasteiger partial charge in [0.25, 0.3) is 47.8 Å². The Morgan fingerprint density at radius 1 is 0.472 bits per heavy atom. The zero-order valence-electron chi connectivity index (χ0n) is 62.2. The number of benzene rings is 3. The van der Waals surface area contributed by atoms with Gasteiger partial charge < -0.3 is 39.5 Å². The van der Waals surface area contributed by atoms with Crippen molar-refractivity contribution in [2.45, 2.75) is 123 Å². The number of carbonyl (C=O) groups is 3. The Balaban J connectivity index is 0.00000165. The van der Waals surface area contributed by atoms with Crippen molar-refractivity contribution in [2.75, 3.05) is 51.2 Å². The average molecular weight is 1560 g/mol. The van der Waals surface area contributed by atoms with Crippen molar-refractivity contribution in [3.8, 4) is 62.8 Å². The van der Waals surface area contributed by atoms with Gasteiger partial charge in [-0.15, -0.1) is 0 Å². The van der Waals surface area contributed by atoms with Crippen LogP contribution in [0, 0.1) is 49.1 Å². The lowest BCUT2D eigenvalue weighted by molar-refractivity contribution is 0.0962. The highest BCUT2D eigenvalue weighted by Crippen LogP contribution is 2.33. The number of sulfonamides is 3. The Bertz CT molecular complexity index is 5070. The van der Waals surface area contributed by atoms with Crippen molar-refractivity contribution in [1.29, 1.82) is 0 Å². The lowest BCUT2D eigenvalue weighted by atomic mass is 10.1. The number of anilines is 2. The molecule has 0 aliphatic carbocycles. The molecule has 6 heterocycles. The number of nitrogens with two attached hydrogens (primary N) is 1. The number of hydrogen-bond donors (Lipinski definition) is 5. The van der Waals surface area contributed by atoms with E-state index in [9.17, 15) is 52.8 Å². The van der Waals surface area contributed by atoms with Crippen LogP contribution in [0.15, 0.2) is 161 Å². The van der Waals surface area contributed by atoms with Gasteiger partial charge in [0, 0.05) is 68.9 Å². The summed E-state index contributed by atoms with van der Waals surface area (Å²) in [6, 6.07) is 34.3. The predicted octanol–water partition coefficient (Wildman–Crippen LogP) is 14.6. The van der Waals surface area contributed by atoms with E-state index < -0.39 is 70.8 Å². The van der Waals surface area contributed by atoms with Crippen molar-refractivity contribution >= 4 is 59.4 Å². The van der Waals surface area contributed by atoms with Gasteiger partial charge in [0.1, 0.15) is 64.1 Å². The third-order valence-electron chi connectivity index (χ3n) is 14.5. The van der Waals surface area contributed by atoms with Crippen LogP contribution in [0.4, 0.5) is 24.8 Å². The zero-order chi connectivity index (χ0) is 79.4. The topological polar surface area (TPSA) is 360 Å². The van der Waals surface area contributed by atoms with E-state index >= 15 is 0 Å². The molecule has 0 bridgehead atoms. The number of nitrogens with one attached hydrogen (secondary N) is 4. The summed E-state index contributed by atoms with van der Waals surface area (Å²) in [5, 5.41) is 2.15. The number of aryl methyl sites for hydroxylation is 2. The molecule has 9 aromatic rings. The number of rotatable bonds is 29. The maximum atomic E-state index is 14.3. The fraction of sp³-hybridized carbons (Fsp3) is 0.329. The quantitative estimate of drug-likeness (QED) is 0.0272. The van der Waals surface area contributed by atoms with Gasteiger partial charge in [0.15, 0.2) is 15.1 Å². The molecule has 0 aliphatic rings. The van der Waals surface area contributed by atoms with E-state index in [4.69, 9.17) is 34.2 Å². The second-order valence-electron chi connectivity index (χ2n) is 26.8. The highest BCUT2D eigenvalue weighted by Gasteiger charge is 2.29. The molecule has 3 aromatic carbocycles. The molecule has 9 rings (SSSR count). The molecule has 108 heavy (non-hydrogen) atoms. The molecule has 32 heteroatoms. The molecule has 0 unspecified atom stereocenters. The van der Waals surface area contributed by atoms with Gasteiger partial charge in [0.05, 0.1) is 55.2 Å². The van der Waals surface area contributed by atoms with Gasteiger partial charge in [-0.2, -0.15) is 25.3 Å². The summed E-state index contributed by atoms with van der Waals surface area (Å²) in [6.45, 7) is 25.9. The number of ether oxygens (including phenoxy) is 6. The van der Waals surface area contributed by atoms with Gasteiger partial charge in [-0.05, 0) is 175 Å². The number of halogens is 3. The van der Waals surface area contributed by atoms with Gasteiger partial charge in [-0.3, -0.25) is 14.4 Å². The summed E-state index contributed by atoms with van der Waals surface area (Å²) in [5.74, 6) is -2.58. The molecule has 0 saturated heterocycles. The number of hydrogen-bond acceptors (Lipinski definition) is 23. The second kappa shape index (κ2) is 37.6. The number of amides is 3. The summed E-state index contributed by atoms with van der Waals surface area (Å²) in [4.78, 5) is 64.0. The van der Waals surface area contributed by atoms with Gasteiger partial charge in [0.2, 0.25) is 11.8 Å². The van der Waals surface area contributed by atoms with Crippen LogP contribution in [0.25, 0.3) is 33.8 Å². The van der Waals surface area contributed by atoms with Crippen molar-refractivity contribution < 1.29 is 91.2 Å². The maximum absolute atomic E-state index is 14.3. The molecule has 6 N–H and O–H groups in total. The molecular weight excluding hydrogens is 1460 g/mol. The van der Waals surface area contributed by atoms with E-state index in [1.807, 2.05) is 83.4 Å². The van der Waals surface area contributed by atoms with Crippen molar-refractivity contribution in [3.63, 3.8) is 0 Å². The lowest BCUT2D eigenvalue weighted by Gasteiger charge is -2.23. The summed E-state index contributed by atoms with van der Waals surface area (Å²) in [5.41, 5.74) is 8.05. The fourth-order valence-electron chi connectivity index (χ4n) is 9.27. The molecule has 0 spiro atoms. The number of nitrogens with zero attached hydrogens (tertiary/aromatic N) is 6. The van der Waals surface area contributed by atoms with Crippen LogP contribution >= 0.6 is 0 Å². The van der Waals surface area contributed by atoms with E-state index in [1.165, 1.54) is 122 Å². The standard InChI is InChI=1S/C26H30FN3O5S.C25H30FN5O4S.C25H28FN3O6S.7H2/c1-6-18(5)35-26-22(25(31)30-36(32,33)24-9-7-8-17(4)28-24)10-11-23(29-26)19-12-20(27)14-21(13-19)34-15-16(2)3;1-15(2)14-35-18-12-16(11-17(26)13-18)20-10-9-19(23(28-20)30-25(3,4)5)24(32)31-36(33,34)22-8-6-7-21(27)29-22;1-16(2)15-35-20-13-18(12-19(26)14-20)22-9-8-21(25(28-22)34-11-10-33-4)24(30)29-36(31,32)23-7-5-6-17(3)27-23;;;;;;;/h7-14,16,18H,6,15H2,1-5H3,(H,30,31);6-13,15H,14H2,1-5H3,(H2,27,29)(H,28,30)(H,31,32);5-9,12-14,16H,10-11,15H2,1-4H3,(H,29,30);7*1H/t18-;;;;;;;;;/m1........./s1. The molecule has 26 nitrogen and oxygen atoms in total. The smallest absolute Gasteiger partial charge is 0.281 e.